The molecular weight excluding hydrogens is 435 g/mol. The molecule has 3 aromatic rings. The van der Waals surface area contributed by atoms with Crippen molar-refractivity contribution < 1.29 is 27.5 Å². The molecule has 172 valence electrons. The zero-order valence-electron chi connectivity index (χ0n) is 18.0. The number of cyclic esters (lactones) is 1. The van der Waals surface area contributed by atoms with Crippen molar-refractivity contribution in [1.29, 1.82) is 0 Å². The number of amides is 3. The van der Waals surface area contributed by atoms with Crippen molar-refractivity contribution in [3.8, 4) is 0 Å². The molecule has 2 aromatic carbocycles. The molecule has 0 aliphatic carbocycles. The monoisotopic (exact) mass is 457 g/mol. The lowest BCUT2D eigenvalue weighted by Gasteiger charge is -2.35. The Labute approximate surface area is 188 Å². The molecule has 33 heavy (non-hydrogen) atoms. The Hall–Kier alpha value is -3.62. The molecule has 0 unspecified atom stereocenters. The number of fused-ring (bicyclic) bond motifs is 1. The van der Waals surface area contributed by atoms with Gasteiger partial charge >= 0.3 is 18.3 Å². The number of alkyl halides is 3. The highest BCUT2D eigenvalue weighted by Gasteiger charge is 2.39. The normalized spacial score (nSPS) is 18.8. The van der Waals surface area contributed by atoms with Gasteiger partial charge in [-0.15, -0.1) is 0 Å². The van der Waals surface area contributed by atoms with Gasteiger partial charge in [0.25, 0.3) is 0 Å². The second-order valence-electron chi connectivity index (χ2n) is 8.20. The minimum Gasteiger partial charge on any atom is -0.441 e. The Morgan fingerprint density at radius 1 is 1.21 bits per heavy atom. The molecule has 9 heteroatoms. The molecule has 0 bridgehead atoms. The van der Waals surface area contributed by atoms with E-state index in [0.717, 1.165) is 33.4 Å². The molecule has 6 nitrogen and oxygen atoms in total. The molecule has 2 heterocycles. The Bertz CT molecular complexity index is 1210. The fourth-order valence-electron chi connectivity index (χ4n) is 4.04. The van der Waals surface area contributed by atoms with Crippen molar-refractivity contribution in [2.24, 2.45) is 5.92 Å². The Kier molecular flexibility index (Phi) is 5.97. The van der Waals surface area contributed by atoms with Crippen LogP contribution in [0.2, 0.25) is 0 Å². The summed E-state index contributed by atoms with van der Waals surface area (Å²) in [5, 5.41) is 4.56. The van der Waals surface area contributed by atoms with Crippen molar-refractivity contribution in [2.45, 2.75) is 32.7 Å². The Morgan fingerprint density at radius 3 is 2.73 bits per heavy atom. The zero-order chi connectivity index (χ0) is 23.8. The van der Waals surface area contributed by atoms with Crippen LogP contribution in [0.15, 0.2) is 54.9 Å². The number of benzene rings is 2. The number of urea groups is 1. The fourth-order valence-corrected chi connectivity index (χ4v) is 4.04. The maximum atomic E-state index is 13.2. The van der Waals surface area contributed by atoms with Crippen LogP contribution in [-0.2, 0) is 17.5 Å². The quantitative estimate of drug-likeness (QED) is 0.556. The highest BCUT2D eigenvalue weighted by molar-refractivity contribution is 5.92. The van der Waals surface area contributed by atoms with E-state index in [1.54, 1.807) is 32.3 Å². The molecule has 4 rings (SSSR count). The third-order valence-corrected chi connectivity index (χ3v) is 5.62. The predicted molar refractivity (Wildman–Crippen MR) is 115 cm³/mol. The van der Waals surface area contributed by atoms with Gasteiger partial charge in [0.05, 0.1) is 5.56 Å². The average molecular weight is 457 g/mol. The Morgan fingerprint density at radius 2 is 1.97 bits per heavy atom. The molecule has 0 radical (unpaired) electrons. The first kappa shape index (κ1) is 22.6. The second kappa shape index (κ2) is 8.73. The molecule has 1 aliphatic heterocycles. The third-order valence-electron chi connectivity index (χ3n) is 5.62. The Balaban J connectivity index is 1.46. The van der Waals surface area contributed by atoms with Crippen LogP contribution >= 0.6 is 0 Å². The first-order chi connectivity index (χ1) is 15.6. The molecule has 3 amide bonds. The molecule has 1 saturated heterocycles. The number of carbonyl (C=O) groups excluding carboxylic acids is 2. The molecular formula is C24H22F3N3O3. The van der Waals surface area contributed by atoms with E-state index >= 15 is 0 Å². The van der Waals surface area contributed by atoms with Gasteiger partial charge in [-0.3, -0.25) is 4.98 Å². The molecule has 1 aliphatic rings. The SMILES string of the molecule is Cc1cc([C@H]2OC(=O)N(C(=O)NCc3cncc4ccccc34)C[C@H]2C)cc(C(F)(F)F)c1. The number of nitrogens with zero attached hydrogens (tertiary/aromatic N) is 2. The summed E-state index contributed by atoms with van der Waals surface area (Å²) in [7, 11) is 0. The van der Waals surface area contributed by atoms with E-state index in [0.29, 0.717) is 5.56 Å². The maximum Gasteiger partial charge on any atom is 0.418 e. The molecule has 1 fully saturated rings. The lowest BCUT2D eigenvalue weighted by Crippen LogP contribution is -2.50. The predicted octanol–water partition coefficient (Wildman–Crippen LogP) is 5.60. The number of ether oxygens (including phenoxy) is 1. The summed E-state index contributed by atoms with van der Waals surface area (Å²) >= 11 is 0. The number of imide groups is 1. The van der Waals surface area contributed by atoms with E-state index in [9.17, 15) is 22.8 Å². The van der Waals surface area contributed by atoms with Crippen molar-refractivity contribution in [2.75, 3.05) is 6.54 Å². The standard InChI is InChI=1S/C24H22F3N3O3/c1-14-7-17(9-19(8-14)24(25,26)27)21-15(2)13-30(23(32)33-21)22(31)29-12-18-11-28-10-16-5-3-4-6-20(16)18/h3-11,15,21H,12-13H2,1-2H3,(H,29,31)/t15-,21+/m1/s1. The summed E-state index contributed by atoms with van der Waals surface area (Å²) in [5.41, 5.74) is 0.652. The topological polar surface area (TPSA) is 71.5 Å². The summed E-state index contributed by atoms with van der Waals surface area (Å²) in [6.45, 7) is 3.44. The van der Waals surface area contributed by atoms with Gasteiger partial charge in [-0.05, 0) is 35.6 Å². The summed E-state index contributed by atoms with van der Waals surface area (Å²) in [4.78, 5) is 30.4. The molecule has 1 aromatic heterocycles. The highest BCUT2D eigenvalue weighted by atomic mass is 19.4. The molecule has 1 N–H and O–H groups in total. The van der Waals surface area contributed by atoms with Crippen LogP contribution in [0.3, 0.4) is 0 Å². The zero-order valence-corrected chi connectivity index (χ0v) is 18.0. The highest BCUT2D eigenvalue weighted by Crippen LogP contribution is 2.36. The van der Waals surface area contributed by atoms with E-state index in [1.165, 1.54) is 0 Å². The van der Waals surface area contributed by atoms with Crippen molar-refractivity contribution in [1.82, 2.24) is 15.2 Å². The smallest absolute Gasteiger partial charge is 0.418 e. The minimum absolute atomic E-state index is 0.0123. The largest absolute Gasteiger partial charge is 0.441 e. The van der Waals surface area contributed by atoms with Crippen LogP contribution in [0, 0.1) is 12.8 Å². The lowest BCUT2D eigenvalue weighted by atomic mass is 9.93. The van der Waals surface area contributed by atoms with E-state index < -0.39 is 35.9 Å². The fraction of sp³-hybridized carbons (Fsp3) is 0.292. The molecule has 0 saturated carbocycles. The lowest BCUT2D eigenvalue weighted by molar-refractivity contribution is -0.137. The van der Waals surface area contributed by atoms with Gasteiger partial charge in [-0.2, -0.15) is 13.2 Å². The number of nitrogens with one attached hydrogen (secondary N) is 1. The van der Waals surface area contributed by atoms with Crippen molar-refractivity contribution in [3.05, 3.63) is 77.1 Å². The number of hydrogen-bond donors (Lipinski definition) is 1. The van der Waals surface area contributed by atoms with Crippen LogP contribution in [-0.4, -0.2) is 28.6 Å². The summed E-state index contributed by atoms with van der Waals surface area (Å²) in [6, 6.07) is 10.5. The van der Waals surface area contributed by atoms with Crippen LogP contribution in [0.5, 0.6) is 0 Å². The van der Waals surface area contributed by atoms with Gasteiger partial charge in [0.2, 0.25) is 0 Å². The van der Waals surface area contributed by atoms with Crippen LogP contribution < -0.4 is 5.32 Å². The number of rotatable bonds is 3. The van der Waals surface area contributed by atoms with Crippen LogP contribution in [0.1, 0.15) is 35.3 Å². The van der Waals surface area contributed by atoms with Gasteiger partial charge in [-0.25, -0.2) is 14.5 Å². The van der Waals surface area contributed by atoms with Gasteiger partial charge < -0.3 is 10.1 Å². The van der Waals surface area contributed by atoms with E-state index in [1.807, 2.05) is 24.3 Å². The van der Waals surface area contributed by atoms with Crippen LogP contribution in [0.4, 0.5) is 22.8 Å². The van der Waals surface area contributed by atoms with E-state index in [-0.39, 0.29) is 18.7 Å². The average Bonchev–Trinajstić information content (AvgIpc) is 2.77. The number of carbonyl (C=O) groups is 2. The van der Waals surface area contributed by atoms with Crippen LogP contribution in [0.25, 0.3) is 10.8 Å². The van der Waals surface area contributed by atoms with Crippen molar-refractivity contribution >= 4 is 22.9 Å². The number of aromatic nitrogens is 1. The summed E-state index contributed by atoms with van der Waals surface area (Å²) < 4.78 is 45.0. The van der Waals surface area contributed by atoms with Crippen molar-refractivity contribution in [3.63, 3.8) is 0 Å². The third kappa shape index (κ3) is 4.76. The van der Waals surface area contributed by atoms with Gasteiger partial charge in [0.15, 0.2) is 0 Å². The molecule has 0 spiro atoms. The summed E-state index contributed by atoms with van der Waals surface area (Å²) in [6.07, 6.45) is -2.93. The van der Waals surface area contributed by atoms with E-state index in [4.69, 9.17) is 4.74 Å². The van der Waals surface area contributed by atoms with E-state index in [2.05, 4.69) is 10.3 Å². The number of hydrogen-bond acceptors (Lipinski definition) is 4. The second-order valence-corrected chi connectivity index (χ2v) is 8.20. The number of pyridine rings is 1. The van der Waals surface area contributed by atoms with Gasteiger partial charge in [0.1, 0.15) is 6.10 Å². The maximum absolute atomic E-state index is 13.2. The molecule has 2 atom stereocenters. The van der Waals surface area contributed by atoms with Gasteiger partial charge in [-0.1, -0.05) is 42.8 Å². The number of aryl methyl sites for hydroxylation is 1. The first-order valence-electron chi connectivity index (χ1n) is 10.4. The van der Waals surface area contributed by atoms with Gasteiger partial charge in [0, 0.05) is 36.8 Å². The summed E-state index contributed by atoms with van der Waals surface area (Å²) in [5.74, 6) is -0.407. The minimum atomic E-state index is -4.51. The first-order valence-corrected chi connectivity index (χ1v) is 10.4. The number of halogens is 3.